The first-order valence-electron chi connectivity index (χ1n) is 17.3. The molecule has 6 rings (SSSR count). The van der Waals surface area contributed by atoms with E-state index in [0.29, 0.717) is 29.7 Å². The molecule has 1 aromatic heterocycles. The van der Waals surface area contributed by atoms with Crippen LogP contribution in [-0.4, -0.2) is 107 Å². The van der Waals surface area contributed by atoms with Crippen molar-refractivity contribution in [2.45, 2.75) is 81.8 Å². The van der Waals surface area contributed by atoms with E-state index in [1.54, 1.807) is 75.4 Å². The first-order valence-corrected chi connectivity index (χ1v) is 18.8. The lowest BCUT2D eigenvalue weighted by Gasteiger charge is -2.35. The number of rotatable bonds is 14. The van der Waals surface area contributed by atoms with E-state index in [-0.39, 0.29) is 31.1 Å². The number of nitrogens with one attached hydrogen (secondary N) is 3. The molecule has 1 saturated heterocycles. The molecule has 0 radical (unpaired) electrons. The number of Topliss-reactive ketones (excluding diaryl/α,β-unsaturated/α-hetero) is 1. The molecule has 3 aromatic rings. The van der Waals surface area contributed by atoms with E-state index in [2.05, 4.69) is 26.0 Å². The lowest BCUT2D eigenvalue weighted by Crippen LogP contribution is -2.60. The number of tetrazole rings is 1. The van der Waals surface area contributed by atoms with E-state index < -0.39 is 80.8 Å². The fourth-order valence-corrected chi connectivity index (χ4v) is 7.96. The lowest BCUT2D eigenvalue weighted by atomic mass is 9.85. The number of nitrogens with zero attached hydrogens (tertiary/aromatic N) is 5. The SMILES string of the molecule is COc1ccc(-c2nnn([C@@H]3CC(C(=O)N[C@]4(C(=O)NS(=O)(=O)C5CC5)C[C@H]4C(F)F)N(C(=O)[C@@H](NCC(=O)c4ccccc4)C(C)(C)C)C3)n2)cc1. The minimum absolute atomic E-state index is 0.0901. The van der Waals surface area contributed by atoms with Crippen LogP contribution in [0.4, 0.5) is 8.78 Å². The van der Waals surface area contributed by atoms with E-state index in [1.165, 1.54) is 16.8 Å². The zero-order chi connectivity index (χ0) is 38.3. The number of methoxy groups -OCH3 is 1. The van der Waals surface area contributed by atoms with Gasteiger partial charge in [-0.25, -0.2) is 17.2 Å². The summed E-state index contributed by atoms with van der Waals surface area (Å²) in [6, 6.07) is 12.4. The van der Waals surface area contributed by atoms with Crippen molar-refractivity contribution in [2.75, 3.05) is 20.2 Å². The number of carbonyl (C=O) groups is 4. The summed E-state index contributed by atoms with van der Waals surface area (Å²) in [5.41, 5.74) is -1.92. The Bertz CT molecular complexity index is 1970. The number of hydrogen-bond donors (Lipinski definition) is 3. The van der Waals surface area contributed by atoms with Gasteiger partial charge >= 0.3 is 0 Å². The highest BCUT2D eigenvalue weighted by Gasteiger charge is 2.66. The van der Waals surface area contributed by atoms with E-state index >= 15 is 0 Å². The van der Waals surface area contributed by atoms with Gasteiger partial charge in [-0.3, -0.25) is 29.2 Å². The van der Waals surface area contributed by atoms with Crippen molar-refractivity contribution in [1.29, 1.82) is 0 Å². The summed E-state index contributed by atoms with van der Waals surface area (Å²) in [6.07, 6.45) is -2.95. The van der Waals surface area contributed by atoms with Crippen LogP contribution in [0, 0.1) is 11.3 Å². The molecule has 2 heterocycles. The largest absolute Gasteiger partial charge is 0.497 e. The summed E-state index contributed by atoms with van der Waals surface area (Å²) >= 11 is 0. The number of benzene rings is 2. The van der Waals surface area contributed by atoms with Gasteiger partial charge in [0.1, 0.15) is 17.3 Å². The molecule has 1 aliphatic heterocycles. The molecule has 3 amide bonds. The van der Waals surface area contributed by atoms with Crippen LogP contribution in [0.1, 0.15) is 62.9 Å². The molecule has 15 nitrogen and oxygen atoms in total. The molecule has 2 aliphatic carbocycles. The number of sulfonamides is 1. The molecule has 3 aliphatic rings. The predicted molar refractivity (Wildman–Crippen MR) is 186 cm³/mol. The highest BCUT2D eigenvalue weighted by molar-refractivity contribution is 7.91. The fourth-order valence-electron chi connectivity index (χ4n) is 6.60. The Kier molecular flexibility index (Phi) is 10.4. The number of carbonyl (C=O) groups excluding carboxylic acids is 4. The summed E-state index contributed by atoms with van der Waals surface area (Å²) in [6.45, 7) is 5.06. The Labute approximate surface area is 305 Å². The number of aromatic nitrogens is 4. The van der Waals surface area contributed by atoms with Gasteiger partial charge in [-0.15, -0.1) is 10.2 Å². The van der Waals surface area contributed by atoms with Crippen LogP contribution >= 0.6 is 0 Å². The minimum Gasteiger partial charge on any atom is -0.497 e. The van der Waals surface area contributed by atoms with Gasteiger partial charge in [0.2, 0.25) is 34.1 Å². The van der Waals surface area contributed by atoms with Crippen LogP contribution in [0.15, 0.2) is 54.6 Å². The van der Waals surface area contributed by atoms with Crippen molar-refractivity contribution in [2.24, 2.45) is 11.3 Å². The van der Waals surface area contributed by atoms with Gasteiger partial charge in [0.25, 0.3) is 5.91 Å². The Hall–Kier alpha value is -4.84. The molecule has 5 atom stereocenters. The molecule has 1 unspecified atom stereocenters. The Balaban J connectivity index is 1.28. The van der Waals surface area contributed by atoms with Crippen LogP contribution in [0.2, 0.25) is 0 Å². The van der Waals surface area contributed by atoms with Crippen LogP contribution in [0.25, 0.3) is 11.4 Å². The molecule has 2 aromatic carbocycles. The van der Waals surface area contributed by atoms with Gasteiger partial charge in [0.05, 0.1) is 36.9 Å². The van der Waals surface area contributed by atoms with Gasteiger partial charge in [0.15, 0.2) is 5.78 Å². The molecular weight excluding hydrogens is 714 g/mol. The second-order valence-corrected chi connectivity index (χ2v) is 16.8. The number of amides is 3. The van der Waals surface area contributed by atoms with Crippen LogP contribution in [-0.2, 0) is 24.4 Å². The Morgan fingerprint density at radius 1 is 1.04 bits per heavy atom. The second kappa shape index (κ2) is 14.5. The maximum atomic E-state index is 14.5. The van der Waals surface area contributed by atoms with E-state index in [1.807, 2.05) is 4.72 Å². The lowest BCUT2D eigenvalue weighted by molar-refractivity contribution is -0.143. The average molecular weight is 757 g/mol. The molecule has 0 bridgehead atoms. The van der Waals surface area contributed by atoms with Gasteiger partial charge in [-0.1, -0.05) is 51.1 Å². The monoisotopic (exact) mass is 756 g/mol. The minimum atomic E-state index is -4.12. The zero-order valence-corrected chi connectivity index (χ0v) is 30.5. The van der Waals surface area contributed by atoms with Crippen molar-refractivity contribution in [3.05, 3.63) is 60.2 Å². The first-order chi connectivity index (χ1) is 25.0. The van der Waals surface area contributed by atoms with Gasteiger partial charge in [0, 0.05) is 24.1 Å². The molecule has 284 valence electrons. The van der Waals surface area contributed by atoms with Crippen molar-refractivity contribution in [1.82, 2.24) is 40.5 Å². The van der Waals surface area contributed by atoms with Crippen molar-refractivity contribution < 1.29 is 41.1 Å². The topological polar surface area (TPSA) is 195 Å². The number of ketones is 1. The fraction of sp³-hybridized carbons (Fsp3) is 0.514. The molecule has 18 heteroatoms. The summed E-state index contributed by atoms with van der Waals surface area (Å²) < 4.78 is 60.5. The predicted octanol–water partition coefficient (Wildman–Crippen LogP) is 2.13. The number of likely N-dealkylation sites (tertiary alicyclic amines) is 1. The van der Waals surface area contributed by atoms with Crippen LogP contribution in [0.3, 0.4) is 0 Å². The molecule has 53 heavy (non-hydrogen) atoms. The van der Waals surface area contributed by atoms with E-state index in [0.717, 1.165) is 0 Å². The van der Waals surface area contributed by atoms with E-state index in [9.17, 15) is 36.4 Å². The summed E-state index contributed by atoms with van der Waals surface area (Å²) in [5.74, 6) is -3.75. The van der Waals surface area contributed by atoms with E-state index in [4.69, 9.17) is 4.74 Å². The summed E-state index contributed by atoms with van der Waals surface area (Å²) in [5, 5.41) is 17.5. The van der Waals surface area contributed by atoms with Crippen LogP contribution in [0.5, 0.6) is 5.75 Å². The summed E-state index contributed by atoms with van der Waals surface area (Å²) in [4.78, 5) is 57.5. The van der Waals surface area contributed by atoms with Crippen LogP contribution < -0.4 is 20.1 Å². The highest BCUT2D eigenvalue weighted by atomic mass is 32.2. The number of halogens is 2. The molecule has 2 saturated carbocycles. The first kappa shape index (κ1) is 37.9. The Morgan fingerprint density at radius 3 is 2.30 bits per heavy atom. The third-order valence-corrected chi connectivity index (χ3v) is 11.7. The number of alkyl halides is 2. The smallest absolute Gasteiger partial charge is 0.259 e. The third-order valence-electron chi connectivity index (χ3n) is 9.91. The molecule has 3 fully saturated rings. The highest BCUT2D eigenvalue weighted by Crippen LogP contribution is 2.48. The van der Waals surface area contributed by atoms with Crippen molar-refractivity contribution in [3.8, 4) is 17.1 Å². The van der Waals surface area contributed by atoms with Crippen molar-refractivity contribution in [3.63, 3.8) is 0 Å². The summed E-state index contributed by atoms with van der Waals surface area (Å²) in [7, 11) is -2.58. The zero-order valence-electron chi connectivity index (χ0n) is 29.7. The van der Waals surface area contributed by atoms with Crippen molar-refractivity contribution >= 4 is 33.5 Å². The second-order valence-electron chi connectivity index (χ2n) is 14.8. The maximum Gasteiger partial charge on any atom is 0.259 e. The molecule has 0 spiro atoms. The van der Waals surface area contributed by atoms with Gasteiger partial charge in [-0.2, -0.15) is 4.80 Å². The third kappa shape index (κ3) is 8.07. The normalized spacial score (nSPS) is 23.4. The van der Waals surface area contributed by atoms with Gasteiger partial charge in [-0.05, 0) is 54.2 Å². The number of hydrogen-bond acceptors (Lipinski definition) is 11. The van der Waals surface area contributed by atoms with Gasteiger partial charge < -0.3 is 15.0 Å². The molecular formula is C35H42F2N8O7S. The Morgan fingerprint density at radius 2 is 1.72 bits per heavy atom. The maximum absolute atomic E-state index is 14.5. The standard InChI is InChI=1S/C35H42F2N8O7S/c1-34(2,3)28(38-18-27(46)20-8-6-5-7-9-20)32(48)44-19-22(45-41-30(40-43-45)21-10-12-23(52-4)13-11-21)16-26(44)31(47)39-35(17-25(35)29(36)37)33(49)42-53(50,51)24-14-15-24/h5-13,22,24-26,28-29,38H,14-19H2,1-4H3,(H,39,47)(H,42,49)/t22-,25+,26?,28-,35-/m1/s1. The molecule has 3 N–H and O–H groups in total. The number of ether oxygens (including phenoxy) is 1. The average Bonchev–Trinajstić information content (AvgIpc) is 4.01. The quantitative estimate of drug-likeness (QED) is 0.204.